The quantitative estimate of drug-likeness (QED) is 0.444. The SMILES string of the molecule is COc1cc(/C=N/Nc2n[nH]c(=O)[nH]c2=O)ccc1O. The first-order chi connectivity index (χ1) is 9.60. The Bertz CT molecular complexity index is 749. The van der Waals surface area contributed by atoms with Gasteiger partial charge in [-0.15, -0.1) is 5.10 Å². The summed E-state index contributed by atoms with van der Waals surface area (Å²) in [6.45, 7) is 0. The van der Waals surface area contributed by atoms with E-state index >= 15 is 0 Å². The summed E-state index contributed by atoms with van der Waals surface area (Å²) in [5.41, 5.74) is 1.63. The highest BCUT2D eigenvalue weighted by atomic mass is 16.5. The van der Waals surface area contributed by atoms with Gasteiger partial charge >= 0.3 is 5.69 Å². The number of nitrogens with one attached hydrogen (secondary N) is 3. The number of ether oxygens (including phenoxy) is 1. The van der Waals surface area contributed by atoms with Crippen molar-refractivity contribution in [3.8, 4) is 11.5 Å². The Labute approximate surface area is 111 Å². The molecule has 0 unspecified atom stereocenters. The van der Waals surface area contributed by atoms with Gasteiger partial charge in [0.25, 0.3) is 5.56 Å². The lowest BCUT2D eigenvalue weighted by Crippen LogP contribution is -2.25. The van der Waals surface area contributed by atoms with E-state index in [9.17, 15) is 14.7 Å². The fourth-order valence-electron chi connectivity index (χ4n) is 1.37. The van der Waals surface area contributed by atoms with Crippen molar-refractivity contribution in [1.82, 2.24) is 15.2 Å². The zero-order valence-corrected chi connectivity index (χ0v) is 10.4. The van der Waals surface area contributed by atoms with Crippen LogP contribution in [0, 0.1) is 0 Å². The second kappa shape index (κ2) is 5.69. The number of hydrazone groups is 1. The molecule has 2 rings (SSSR count). The van der Waals surface area contributed by atoms with E-state index in [-0.39, 0.29) is 11.6 Å². The maximum atomic E-state index is 11.3. The van der Waals surface area contributed by atoms with Crippen LogP contribution in [0.1, 0.15) is 5.56 Å². The van der Waals surface area contributed by atoms with Crippen LogP contribution in [0.25, 0.3) is 0 Å². The molecule has 104 valence electrons. The smallest absolute Gasteiger partial charge is 0.342 e. The Morgan fingerprint density at radius 3 is 2.95 bits per heavy atom. The third-order valence-corrected chi connectivity index (χ3v) is 2.30. The van der Waals surface area contributed by atoms with Crippen molar-refractivity contribution in [3.63, 3.8) is 0 Å². The highest BCUT2D eigenvalue weighted by molar-refractivity contribution is 5.81. The van der Waals surface area contributed by atoms with Gasteiger partial charge in [-0.25, -0.2) is 9.89 Å². The Morgan fingerprint density at radius 2 is 2.25 bits per heavy atom. The van der Waals surface area contributed by atoms with E-state index in [2.05, 4.69) is 20.7 Å². The van der Waals surface area contributed by atoms with Crippen molar-refractivity contribution in [2.24, 2.45) is 5.10 Å². The Morgan fingerprint density at radius 1 is 1.45 bits per heavy atom. The van der Waals surface area contributed by atoms with Gasteiger partial charge in [-0.3, -0.25) is 15.2 Å². The summed E-state index contributed by atoms with van der Waals surface area (Å²) < 4.78 is 4.94. The minimum Gasteiger partial charge on any atom is -0.504 e. The molecule has 0 aliphatic heterocycles. The number of hydrogen-bond acceptors (Lipinski definition) is 7. The van der Waals surface area contributed by atoms with Gasteiger partial charge in [0.2, 0.25) is 5.82 Å². The highest BCUT2D eigenvalue weighted by Gasteiger charge is 2.01. The molecule has 1 heterocycles. The van der Waals surface area contributed by atoms with Crippen LogP contribution in [0.2, 0.25) is 0 Å². The van der Waals surface area contributed by atoms with Crippen molar-refractivity contribution < 1.29 is 9.84 Å². The zero-order chi connectivity index (χ0) is 14.5. The van der Waals surface area contributed by atoms with E-state index < -0.39 is 11.2 Å². The normalized spacial score (nSPS) is 10.7. The lowest BCUT2D eigenvalue weighted by molar-refractivity contribution is 0.373. The van der Waals surface area contributed by atoms with Gasteiger partial charge in [0.1, 0.15) is 0 Å². The predicted octanol–water partition coefficient (Wildman–Crippen LogP) is -0.382. The van der Waals surface area contributed by atoms with Crippen LogP contribution in [0.5, 0.6) is 11.5 Å². The average Bonchev–Trinajstić information content (AvgIpc) is 2.43. The third-order valence-electron chi connectivity index (χ3n) is 2.30. The van der Waals surface area contributed by atoms with Crippen molar-refractivity contribution in [1.29, 1.82) is 0 Å². The number of aromatic amines is 2. The van der Waals surface area contributed by atoms with Gasteiger partial charge in [-0.2, -0.15) is 5.10 Å². The molecule has 0 saturated heterocycles. The van der Waals surface area contributed by atoms with Crippen LogP contribution in [0.4, 0.5) is 5.82 Å². The Kier molecular flexibility index (Phi) is 3.80. The molecule has 4 N–H and O–H groups in total. The first kappa shape index (κ1) is 13.3. The van der Waals surface area contributed by atoms with Crippen LogP contribution in [-0.2, 0) is 0 Å². The lowest BCUT2D eigenvalue weighted by atomic mass is 10.2. The maximum absolute atomic E-state index is 11.3. The predicted molar refractivity (Wildman–Crippen MR) is 71.4 cm³/mol. The minimum absolute atomic E-state index is 0.0105. The molecule has 0 aliphatic carbocycles. The molecule has 0 amide bonds. The Balaban J connectivity index is 2.14. The Hall–Kier alpha value is -3.10. The molecule has 9 nitrogen and oxygen atoms in total. The lowest BCUT2D eigenvalue weighted by Gasteiger charge is -2.03. The van der Waals surface area contributed by atoms with Crippen molar-refractivity contribution in [3.05, 3.63) is 44.6 Å². The highest BCUT2D eigenvalue weighted by Crippen LogP contribution is 2.25. The van der Waals surface area contributed by atoms with Crippen LogP contribution in [0.15, 0.2) is 32.9 Å². The summed E-state index contributed by atoms with van der Waals surface area (Å²) in [6.07, 6.45) is 1.40. The number of anilines is 1. The maximum Gasteiger partial charge on any atom is 0.342 e. The zero-order valence-electron chi connectivity index (χ0n) is 10.4. The molecule has 0 aliphatic rings. The van der Waals surface area contributed by atoms with E-state index in [1.54, 1.807) is 12.1 Å². The number of phenols is 1. The van der Waals surface area contributed by atoms with E-state index in [1.807, 2.05) is 4.98 Å². The molecule has 9 heteroatoms. The molecule has 0 bridgehead atoms. The van der Waals surface area contributed by atoms with Gasteiger partial charge < -0.3 is 9.84 Å². The monoisotopic (exact) mass is 277 g/mol. The summed E-state index contributed by atoms with van der Waals surface area (Å²) in [5.74, 6) is 0.164. The number of benzene rings is 1. The first-order valence-corrected chi connectivity index (χ1v) is 5.45. The van der Waals surface area contributed by atoms with Crippen LogP contribution in [0.3, 0.4) is 0 Å². The summed E-state index contributed by atoms with van der Waals surface area (Å²) in [7, 11) is 1.43. The summed E-state index contributed by atoms with van der Waals surface area (Å²) >= 11 is 0. The molecular weight excluding hydrogens is 266 g/mol. The molecule has 2 aromatic rings. The topological polar surface area (TPSA) is 132 Å². The molecular formula is C11H11N5O4. The van der Waals surface area contributed by atoms with Gasteiger partial charge in [-0.1, -0.05) is 0 Å². The number of hydrogen-bond donors (Lipinski definition) is 4. The summed E-state index contributed by atoms with van der Waals surface area (Å²) in [4.78, 5) is 24.1. The number of aromatic hydroxyl groups is 1. The van der Waals surface area contributed by atoms with E-state index in [0.29, 0.717) is 11.3 Å². The second-order valence-corrected chi connectivity index (χ2v) is 3.66. The van der Waals surface area contributed by atoms with Crippen LogP contribution < -0.4 is 21.4 Å². The van der Waals surface area contributed by atoms with Crippen molar-refractivity contribution in [2.45, 2.75) is 0 Å². The van der Waals surface area contributed by atoms with Crippen molar-refractivity contribution >= 4 is 12.0 Å². The second-order valence-electron chi connectivity index (χ2n) is 3.66. The molecule has 0 fully saturated rings. The third kappa shape index (κ3) is 3.02. The molecule has 0 atom stereocenters. The van der Waals surface area contributed by atoms with Gasteiger partial charge in [-0.05, 0) is 23.8 Å². The number of rotatable bonds is 4. The minimum atomic E-state index is -0.701. The standard InChI is InChI=1S/C11H11N5O4/c1-20-8-4-6(2-3-7(8)17)5-12-14-9-10(18)13-11(19)16-15-9/h2-5,17H,1H3,(H,14,15)(H2,13,16,18,19)/b12-5+. The molecule has 20 heavy (non-hydrogen) atoms. The molecule has 0 radical (unpaired) electrons. The largest absolute Gasteiger partial charge is 0.504 e. The van der Waals surface area contributed by atoms with Gasteiger partial charge in [0, 0.05) is 0 Å². The van der Waals surface area contributed by atoms with Crippen LogP contribution >= 0.6 is 0 Å². The van der Waals surface area contributed by atoms with E-state index in [0.717, 1.165) is 0 Å². The van der Waals surface area contributed by atoms with Gasteiger partial charge in [0.15, 0.2) is 11.5 Å². The number of methoxy groups -OCH3 is 1. The number of nitrogens with zero attached hydrogens (tertiary/aromatic N) is 2. The fraction of sp³-hybridized carbons (Fsp3) is 0.0909. The average molecular weight is 277 g/mol. The molecule has 1 aromatic carbocycles. The summed E-state index contributed by atoms with van der Waals surface area (Å²) in [5, 5.41) is 18.8. The van der Waals surface area contributed by atoms with Crippen molar-refractivity contribution in [2.75, 3.05) is 12.5 Å². The van der Waals surface area contributed by atoms with Crippen LogP contribution in [-0.4, -0.2) is 33.6 Å². The molecule has 1 aromatic heterocycles. The first-order valence-electron chi connectivity index (χ1n) is 5.45. The fourth-order valence-corrected chi connectivity index (χ4v) is 1.37. The number of phenolic OH excluding ortho intramolecular Hbond substituents is 1. The molecule has 0 spiro atoms. The van der Waals surface area contributed by atoms with E-state index in [1.165, 1.54) is 19.4 Å². The number of aromatic nitrogens is 3. The summed E-state index contributed by atoms with van der Waals surface area (Å²) in [6, 6.07) is 4.61. The number of H-pyrrole nitrogens is 2. The molecule has 0 saturated carbocycles. The van der Waals surface area contributed by atoms with E-state index in [4.69, 9.17) is 4.74 Å². The van der Waals surface area contributed by atoms with Gasteiger partial charge in [0.05, 0.1) is 13.3 Å².